The molecule has 0 aliphatic carbocycles. The molecule has 0 radical (unpaired) electrons. The van der Waals surface area contributed by atoms with Crippen LogP contribution in [0.5, 0.6) is 17.2 Å². The predicted octanol–water partition coefficient (Wildman–Crippen LogP) is 3.33. The lowest BCUT2D eigenvalue weighted by atomic mass is 9.81. The molecule has 1 saturated heterocycles. The van der Waals surface area contributed by atoms with Crippen LogP contribution in [0.1, 0.15) is 17.9 Å². The molecule has 4 rings (SSSR count). The van der Waals surface area contributed by atoms with E-state index in [2.05, 4.69) is 5.32 Å². The number of nitrogens with one attached hydrogen (secondary N) is 1. The maximum atomic E-state index is 14.2. The number of rotatable bonds is 4. The molecule has 0 spiro atoms. The van der Waals surface area contributed by atoms with E-state index >= 15 is 0 Å². The van der Waals surface area contributed by atoms with Gasteiger partial charge in [-0.2, -0.15) is 0 Å². The number of piperidine rings is 1. The lowest BCUT2D eigenvalue weighted by molar-refractivity contribution is 0.173. The summed E-state index contributed by atoms with van der Waals surface area (Å²) in [6.07, 6.45) is 0.913. The summed E-state index contributed by atoms with van der Waals surface area (Å²) in [4.78, 5) is 0. The zero-order valence-corrected chi connectivity index (χ0v) is 13.3. The maximum Gasteiger partial charge on any atom is 0.231 e. The van der Waals surface area contributed by atoms with Gasteiger partial charge in [0, 0.05) is 18.5 Å². The zero-order chi connectivity index (χ0) is 16.4. The van der Waals surface area contributed by atoms with Crippen molar-refractivity contribution in [3.05, 3.63) is 53.8 Å². The summed E-state index contributed by atoms with van der Waals surface area (Å²) in [7, 11) is 0. The van der Waals surface area contributed by atoms with Crippen molar-refractivity contribution in [3.63, 3.8) is 0 Å². The van der Waals surface area contributed by atoms with Crippen LogP contribution < -0.4 is 19.5 Å². The molecule has 2 aromatic carbocycles. The van der Waals surface area contributed by atoms with Gasteiger partial charge in [-0.1, -0.05) is 18.2 Å². The third-order valence-electron chi connectivity index (χ3n) is 4.72. The van der Waals surface area contributed by atoms with Crippen LogP contribution in [-0.4, -0.2) is 26.5 Å². The van der Waals surface area contributed by atoms with E-state index < -0.39 is 0 Å². The van der Waals surface area contributed by atoms with Crippen molar-refractivity contribution in [1.82, 2.24) is 5.32 Å². The molecular formula is C19H20FNO3. The van der Waals surface area contributed by atoms with E-state index in [1.807, 2.05) is 30.3 Å². The van der Waals surface area contributed by atoms with Crippen molar-refractivity contribution in [2.24, 2.45) is 5.92 Å². The van der Waals surface area contributed by atoms with Crippen LogP contribution in [0, 0.1) is 11.7 Å². The third kappa shape index (κ3) is 3.04. The number of hydrogen-bond acceptors (Lipinski definition) is 4. The smallest absolute Gasteiger partial charge is 0.231 e. The van der Waals surface area contributed by atoms with Crippen molar-refractivity contribution in [2.45, 2.75) is 12.3 Å². The molecule has 1 N–H and O–H groups in total. The van der Waals surface area contributed by atoms with E-state index in [0.29, 0.717) is 12.4 Å². The Morgan fingerprint density at radius 2 is 2.00 bits per heavy atom. The Balaban J connectivity index is 1.47. The first-order chi connectivity index (χ1) is 11.8. The Morgan fingerprint density at radius 1 is 1.12 bits per heavy atom. The van der Waals surface area contributed by atoms with Crippen LogP contribution in [0.2, 0.25) is 0 Å². The number of hydrogen-bond donors (Lipinski definition) is 1. The highest BCUT2D eigenvalue weighted by molar-refractivity contribution is 5.46. The predicted molar refractivity (Wildman–Crippen MR) is 88.2 cm³/mol. The van der Waals surface area contributed by atoms with E-state index in [9.17, 15) is 4.39 Å². The standard InChI is InChI=1S/C19H20FNO3/c20-17-4-2-1-3-16(17)15-7-8-21-10-13(15)11-22-14-5-6-18-19(9-14)24-12-23-18/h1-6,9,13,15,21H,7-8,10-12H2/t13-,15+/m0/s1. The molecule has 5 heteroatoms. The van der Waals surface area contributed by atoms with Crippen LogP contribution in [-0.2, 0) is 0 Å². The first-order valence-corrected chi connectivity index (χ1v) is 8.29. The molecule has 4 nitrogen and oxygen atoms in total. The van der Waals surface area contributed by atoms with Gasteiger partial charge in [-0.15, -0.1) is 0 Å². The molecule has 2 atom stereocenters. The van der Waals surface area contributed by atoms with Crippen LogP contribution in [0.25, 0.3) is 0 Å². The summed E-state index contributed by atoms with van der Waals surface area (Å²) in [5.41, 5.74) is 0.790. The van der Waals surface area contributed by atoms with Gasteiger partial charge in [0.1, 0.15) is 11.6 Å². The van der Waals surface area contributed by atoms with Crippen LogP contribution >= 0.6 is 0 Å². The highest BCUT2D eigenvalue weighted by Gasteiger charge is 2.29. The normalized spacial score (nSPS) is 22.4. The van der Waals surface area contributed by atoms with Crippen molar-refractivity contribution in [2.75, 3.05) is 26.5 Å². The second-order valence-electron chi connectivity index (χ2n) is 6.21. The fourth-order valence-corrected chi connectivity index (χ4v) is 3.45. The molecule has 126 valence electrons. The van der Waals surface area contributed by atoms with Gasteiger partial charge in [0.2, 0.25) is 6.79 Å². The molecule has 24 heavy (non-hydrogen) atoms. The summed E-state index contributed by atoms with van der Waals surface area (Å²) >= 11 is 0. The fourth-order valence-electron chi connectivity index (χ4n) is 3.45. The SMILES string of the molecule is Fc1ccccc1[C@@H]1CCNC[C@H]1COc1ccc2c(c1)OCO2. The second-order valence-corrected chi connectivity index (χ2v) is 6.21. The second kappa shape index (κ2) is 6.69. The molecule has 0 aromatic heterocycles. The van der Waals surface area contributed by atoms with E-state index in [1.54, 1.807) is 6.07 Å². The van der Waals surface area contributed by atoms with Gasteiger partial charge in [0.05, 0.1) is 6.61 Å². The summed E-state index contributed by atoms with van der Waals surface area (Å²) in [5.74, 6) is 2.46. The molecule has 2 aliphatic rings. The highest BCUT2D eigenvalue weighted by atomic mass is 19.1. The van der Waals surface area contributed by atoms with Crippen molar-refractivity contribution >= 4 is 0 Å². The molecule has 0 unspecified atom stereocenters. The average Bonchev–Trinajstić information content (AvgIpc) is 3.08. The van der Waals surface area contributed by atoms with E-state index in [-0.39, 0.29) is 24.4 Å². The van der Waals surface area contributed by atoms with E-state index in [1.165, 1.54) is 6.07 Å². The first kappa shape index (κ1) is 15.3. The number of ether oxygens (including phenoxy) is 3. The Labute approximate surface area is 140 Å². The Morgan fingerprint density at radius 3 is 2.92 bits per heavy atom. The van der Waals surface area contributed by atoms with Crippen molar-refractivity contribution in [3.8, 4) is 17.2 Å². The molecule has 2 aromatic rings. The zero-order valence-electron chi connectivity index (χ0n) is 13.3. The minimum atomic E-state index is -0.127. The molecule has 0 amide bonds. The highest BCUT2D eigenvalue weighted by Crippen LogP contribution is 2.36. The van der Waals surface area contributed by atoms with Crippen LogP contribution in [0.4, 0.5) is 4.39 Å². The third-order valence-corrected chi connectivity index (χ3v) is 4.72. The minimum absolute atomic E-state index is 0.127. The number of halogens is 1. The number of fused-ring (bicyclic) bond motifs is 1. The fraction of sp³-hybridized carbons (Fsp3) is 0.368. The van der Waals surface area contributed by atoms with Gasteiger partial charge in [-0.25, -0.2) is 4.39 Å². The summed E-state index contributed by atoms with van der Waals surface area (Å²) in [6.45, 7) is 2.51. The Kier molecular flexibility index (Phi) is 4.26. The topological polar surface area (TPSA) is 39.7 Å². The van der Waals surface area contributed by atoms with Gasteiger partial charge >= 0.3 is 0 Å². The molecule has 2 aliphatic heterocycles. The molecule has 1 fully saturated rings. The van der Waals surface area contributed by atoms with E-state index in [0.717, 1.165) is 36.6 Å². The lowest BCUT2D eigenvalue weighted by Gasteiger charge is -2.32. The van der Waals surface area contributed by atoms with Gasteiger partial charge in [-0.3, -0.25) is 0 Å². The van der Waals surface area contributed by atoms with E-state index in [4.69, 9.17) is 14.2 Å². The molecule has 2 heterocycles. The van der Waals surface area contributed by atoms with Gasteiger partial charge in [0.15, 0.2) is 11.5 Å². The summed E-state index contributed by atoms with van der Waals surface area (Å²) in [6, 6.07) is 12.6. The first-order valence-electron chi connectivity index (χ1n) is 8.29. The molecule has 0 saturated carbocycles. The minimum Gasteiger partial charge on any atom is -0.493 e. The number of benzene rings is 2. The molecule has 0 bridgehead atoms. The van der Waals surface area contributed by atoms with Crippen molar-refractivity contribution in [1.29, 1.82) is 0 Å². The lowest BCUT2D eigenvalue weighted by Crippen LogP contribution is -2.38. The maximum absolute atomic E-state index is 14.2. The quantitative estimate of drug-likeness (QED) is 0.934. The van der Waals surface area contributed by atoms with Gasteiger partial charge in [-0.05, 0) is 42.6 Å². The molecular weight excluding hydrogens is 309 g/mol. The van der Waals surface area contributed by atoms with Crippen LogP contribution in [0.15, 0.2) is 42.5 Å². The monoisotopic (exact) mass is 329 g/mol. The summed E-state index contributed by atoms with van der Waals surface area (Å²) in [5, 5.41) is 3.38. The summed E-state index contributed by atoms with van der Waals surface area (Å²) < 4.78 is 30.8. The van der Waals surface area contributed by atoms with Crippen LogP contribution in [0.3, 0.4) is 0 Å². The Bertz CT molecular complexity index is 722. The Hall–Kier alpha value is -2.27. The van der Waals surface area contributed by atoms with Gasteiger partial charge in [0.25, 0.3) is 0 Å². The van der Waals surface area contributed by atoms with Gasteiger partial charge < -0.3 is 19.5 Å². The largest absolute Gasteiger partial charge is 0.493 e. The average molecular weight is 329 g/mol. The van der Waals surface area contributed by atoms with Crippen molar-refractivity contribution < 1.29 is 18.6 Å².